The Morgan fingerprint density at radius 3 is 1.26 bits per heavy atom. The Bertz CT molecular complexity index is 5620. The van der Waals surface area contributed by atoms with Gasteiger partial charge < -0.3 is 19.9 Å². The Morgan fingerprint density at radius 2 is 0.770 bits per heavy atom. The lowest BCUT2D eigenvalue weighted by Gasteiger charge is -2.03. The second kappa shape index (κ2) is 39.4. The van der Waals surface area contributed by atoms with E-state index in [1.165, 1.54) is 101 Å². The molecule has 0 atom stereocenters. The molecule has 16 rings (SSSR count). The first kappa shape index (κ1) is 83.7. The minimum atomic E-state index is 0.415. The molecule has 0 unspecified atom stereocenters. The molecule has 0 saturated carbocycles. The minimum Gasteiger partial charge on any atom is -0.342 e. The second-order valence-corrected chi connectivity index (χ2v) is 31.7. The van der Waals surface area contributed by atoms with Crippen LogP contribution < -0.4 is 0 Å². The number of nitrogens with one attached hydrogen (secondary N) is 4. The van der Waals surface area contributed by atoms with Gasteiger partial charge in [0.2, 0.25) is 0 Å². The van der Waals surface area contributed by atoms with E-state index in [-0.39, 0.29) is 0 Å². The van der Waals surface area contributed by atoms with Crippen LogP contribution in [0.2, 0.25) is 0 Å². The summed E-state index contributed by atoms with van der Waals surface area (Å²) in [5.41, 5.74) is 33.1. The van der Waals surface area contributed by atoms with Crippen LogP contribution >= 0.6 is 0 Å². The van der Waals surface area contributed by atoms with Crippen molar-refractivity contribution in [1.29, 1.82) is 0 Å². The highest BCUT2D eigenvalue weighted by Crippen LogP contribution is 2.32. The van der Waals surface area contributed by atoms with Crippen LogP contribution in [0.4, 0.5) is 0 Å². The molecule has 0 aliphatic carbocycles. The summed E-state index contributed by atoms with van der Waals surface area (Å²) >= 11 is 0. The van der Waals surface area contributed by atoms with Gasteiger partial charge in [-0.3, -0.25) is 15.0 Å². The van der Waals surface area contributed by atoms with Gasteiger partial charge in [-0.1, -0.05) is 294 Å². The van der Waals surface area contributed by atoms with E-state index in [9.17, 15) is 0 Å². The number of H-pyrrole nitrogens is 4. The molecular formula is C102H115N11. The number of aromatic nitrogens is 8. The van der Waals surface area contributed by atoms with Crippen LogP contribution in [0.1, 0.15) is 226 Å². The highest BCUT2D eigenvalue weighted by molar-refractivity contribution is 6.06. The number of hydrogen-bond donors (Lipinski definition) is 4. The number of rotatable bonds is 12. The molecule has 13 aromatic rings. The lowest BCUT2D eigenvalue weighted by molar-refractivity contribution is 0.761. The monoisotopic (exact) mass is 1490 g/mol. The van der Waals surface area contributed by atoms with Crippen LogP contribution in [0.15, 0.2) is 239 Å². The van der Waals surface area contributed by atoms with E-state index in [1.54, 1.807) is 0 Å². The van der Waals surface area contributed by atoms with Gasteiger partial charge >= 0.3 is 0 Å². The van der Waals surface area contributed by atoms with E-state index in [1.807, 2.05) is 50.2 Å². The highest BCUT2D eigenvalue weighted by Gasteiger charge is 2.18. The summed E-state index contributed by atoms with van der Waals surface area (Å²) in [5.74, 6) is 19.4. The third-order valence-corrected chi connectivity index (χ3v) is 19.8. The normalized spacial score (nSPS) is 12.7. The van der Waals surface area contributed by atoms with Gasteiger partial charge in [0.25, 0.3) is 0 Å². The van der Waals surface area contributed by atoms with Crippen LogP contribution in [0, 0.1) is 76.1 Å². The van der Waals surface area contributed by atoms with Gasteiger partial charge in [0.05, 0.1) is 62.1 Å². The fraction of sp³-hybridized carbons (Fsp3) is 0.304. The number of hydrogen-bond acceptors (Lipinski definition) is 7. The van der Waals surface area contributed by atoms with Crippen molar-refractivity contribution in [2.24, 2.45) is 32.7 Å². The minimum absolute atomic E-state index is 0.415. The van der Waals surface area contributed by atoms with Gasteiger partial charge in [0, 0.05) is 64.7 Å². The third-order valence-electron chi connectivity index (χ3n) is 19.8. The van der Waals surface area contributed by atoms with E-state index < -0.39 is 0 Å². The Morgan fingerprint density at radius 1 is 0.336 bits per heavy atom. The Balaban J connectivity index is 0.000000140. The van der Waals surface area contributed by atoms with Crippen molar-refractivity contribution in [1.82, 2.24) is 39.9 Å². The molecule has 113 heavy (non-hydrogen) atoms. The zero-order chi connectivity index (χ0) is 81.0. The molecular weight excluding hydrogens is 1380 g/mol. The first-order valence-corrected chi connectivity index (χ1v) is 40.2. The molecule has 0 saturated heterocycles. The van der Waals surface area contributed by atoms with Crippen molar-refractivity contribution in [2.45, 2.75) is 182 Å². The maximum absolute atomic E-state index is 4.76. The van der Waals surface area contributed by atoms with Gasteiger partial charge in [0.15, 0.2) is 0 Å². The number of aliphatic imine (C=N–C) groups is 3. The van der Waals surface area contributed by atoms with E-state index in [2.05, 4.69) is 381 Å². The third kappa shape index (κ3) is 23.0. The predicted octanol–water partition coefficient (Wildman–Crippen LogP) is 26.4. The Hall–Kier alpha value is -11.8. The summed E-state index contributed by atoms with van der Waals surface area (Å²) in [6.45, 7) is 45.3. The average Bonchev–Trinajstić information content (AvgIpc) is 1.63. The fourth-order valence-corrected chi connectivity index (χ4v) is 12.9. The molecule has 0 radical (unpaired) electrons. The van der Waals surface area contributed by atoms with Crippen LogP contribution in [-0.2, 0) is 0 Å². The fourth-order valence-electron chi connectivity index (χ4n) is 12.9. The molecule has 578 valence electrons. The summed E-state index contributed by atoms with van der Waals surface area (Å²) in [6.07, 6.45) is 8.67. The number of benzene rings is 9. The first-order chi connectivity index (χ1) is 54.2. The van der Waals surface area contributed by atoms with Crippen LogP contribution in [0.25, 0.3) is 72.0 Å². The standard InChI is InChI=1S/2C17H18N2.3C14H17N.2C13H14N2/c1-11(2)17-18-15-9-8-14(10-16(15)19-17)13-6-4-12(3)5-7-13;1-11(2)17-18-15-6-4-5-14(16(15)19-17)13-9-7-12(3)8-10-13;1-10(2)14-8-13(9-15-14)12-6-4-11(3)5-7-12;1-10(2)13-8-9-14(15-13)12-6-4-11(3)5-7-12;1-10(2)13-7-8-14(15-13)12-6-4-5-11(3)9-12;1-4-6-10-7-5-8-11-12(10)15-13(14-11)9(2)3;1-4-5-10-6-7-11-12(8-10)15-13(14-11)9(2)3/h2*4-11H,1-3H3,(H,18,19);2*4-8,10H,9H2,1-3H3;4-7,9-10H,8H2,1-3H3;5,7-9H,1-3H3,(H,14,15);6-9H,1-3H3,(H,14,15). The van der Waals surface area contributed by atoms with Gasteiger partial charge in [-0.2, -0.15) is 0 Å². The molecule has 0 amide bonds. The zero-order valence-electron chi connectivity index (χ0n) is 70.5. The molecule has 11 heteroatoms. The Kier molecular flexibility index (Phi) is 29.2. The molecule has 3 aliphatic heterocycles. The quantitative estimate of drug-likeness (QED) is 0.0900. The topological polar surface area (TPSA) is 152 Å². The van der Waals surface area contributed by atoms with E-state index in [0.717, 1.165) is 97.9 Å². The molecule has 0 fully saturated rings. The van der Waals surface area contributed by atoms with Crippen molar-refractivity contribution < 1.29 is 0 Å². The van der Waals surface area contributed by atoms with Crippen molar-refractivity contribution in [3.05, 3.63) is 303 Å². The van der Waals surface area contributed by atoms with Crippen LogP contribution in [0.3, 0.4) is 0 Å². The van der Waals surface area contributed by atoms with Crippen LogP contribution in [0.5, 0.6) is 0 Å². The van der Waals surface area contributed by atoms with Gasteiger partial charge in [-0.05, 0) is 160 Å². The summed E-state index contributed by atoms with van der Waals surface area (Å²) < 4.78 is 0. The SMILES string of the molecule is CC#Cc1ccc2nc(C(C)C)[nH]c2c1.CC#Cc1cccc2[nH]c(C(C)C)nc12.Cc1ccc(-c2ccc3nc(C(C)C)[nH]c3c2)cc1.Cc1ccc(-c2cccc3[nH]c(C(C)C)nc23)cc1.Cc1ccc(C2=CC(C(C)C)=NC2)cc1.Cc1ccc(C2=NC(C(C)C)=CC2)cc1.Cc1cccc(C2=NC(C(C)C)=CC2)c1. The summed E-state index contributed by atoms with van der Waals surface area (Å²) in [6, 6.07) is 67.9. The van der Waals surface area contributed by atoms with E-state index in [0.29, 0.717) is 41.4 Å². The first-order valence-electron chi connectivity index (χ1n) is 40.2. The van der Waals surface area contributed by atoms with E-state index in [4.69, 9.17) is 4.98 Å². The van der Waals surface area contributed by atoms with Crippen molar-refractivity contribution >= 4 is 66.8 Å². The van der Waals surface area contributed by atoms with Gasteiger partial charge in [-0.25, -0.2) is 19.9 Å². The number of fused-ring (bicyclic) bond motifs is 4. The number of allylic oxidation sites excluding steroid dienone is 5. The lowest BCUT2D eigenvalue weighted by atomic mass is 10.0. The molecule has 0 bridgehead atoms. The molecule has 4 aromatic heterocycles. The number of aromatic amines is 4. The molecule has 4 N–H and O–H groups in total. The number of nitrogens with zero attached hydrogens (tertiary/aromatic N) is 7. The Labute approximate surface area is 672 Å². The zero-order valence-corrected chi connectivity index (χ0v) is 70.5. The molecule has 11 nitrogen and oxygen atoms in total. The van der Waals surface area contributed by atoms with Crippen molar-refractivity contribution in [3.63, 3.8) is 0 Å². The maximum atomic E-state index is 4.76. The molecule has 9 aromatic carbocycles. The number of aryl methyl sites for hydroxylation is 5. The summed E-state index contributed by atoms with van der Waals surface area (Å²) in [5, 5.41) is 0. The highest BCUT2D eigenvalue weighted by atomic mass is 14.9. The van der Waals surface area contributed by atoms with Gasteiger partial charge in [0.1, 0.15) is 28.8 Å². The summed E-state index contributed by atoms with van der Waals surface area (Å²) in [4.78, 5) is 45.8. The average molecular weight is 1500 g/mol. The molecule has 7 heterocycles. The van der Waals surface area contributed by atoms with Crippen molar-refractivity contribution in [2.75, 3.05) is 6.54 Å². The second-order valence-electron chi connectivity index (χ2n) is 31.7. The summed E-state index contributed by atoms with van der Waals surface area (Å²) in [7, 11) is 0. The number of para-hydroxylation sites is 2. The largest absolute Gasteiger partial charge is 0.342 e. The number of imidazole rings is 4. The molecule has 3 aliphatic rings. The maximum Gasteiger partial charge on any atom is 0.109 e. The van der Waals surface area contributed by atoms with Gasteiger partial charge in [-0.15, -0.1) is 11.8 Å². The lowest BCUT2D eigenvalue weighted by Crippen LogP contribution is -2.00. The van der Waals surface area contributed by atoms with E-state index >= 15 is 0 Å². The predicted molar refractivity (Wildman–Crippen MR) is 483 cm³/mol. The smallest absolute Gasteiger partial charge is 0.109 e. The van der Waals surface area contributed by atoms with Crippen LogP contribution in [-0.4, -0.2) is 63.6 Å². The molecule has 0 spiro atoms. The van der Waals surface area contributed by atoms with Crippen molar-refractivity contribution in [3.8, 4) is 45.9 Å².